The number of hydrogen-bond acceptors (Lipinski definition) is 4. The summed E-state index contributed by atoms with van der Waals surface area (Å²) in [4.78, 5) is 0. The van der Waals surface area contributed by atoms with Crippen LogP contribution in [0, 0.1) is 0 Å². The molecule has 0 aromatic heterocycles. The van der Waals surface area contributed by atoms with E-state index in [1.165, 1.54) is 13.3 Å². The summed E-state index contributed by atoms with van der Waals surface area (Å²) in [5.41, 5.74) is 0. The molecule has 0 heterocycles. The summed E-state index contributed by atoms with van der Waals surface area (Å²) >= 11 is 0. The van der Waals surface area contributed by atoms with E-state index in [4.69, 9.17) is 4.55 Å². The lowest BCUT2D eigenvalue weighted by Crippen LogP contribution is -2.28. The molecule has 0 aliphatic heterocycles. The zero-order valence-electron chi connectivity index (χ0n) is 11.3. The van der Waals surface area contributed by atoms with E-state index in [0.717, 1.165) is 19.4 Å². The van der Waals surface area contributed by atoms with Crippen molar-refractivity contribution >= 4 is 10.4 Å². The topological polar surface area (TPSA) is 75.6 Å². The van der Waals surface area contributed by atoms with Crippen molar-refractivity contribution in [3.8, 4) is 0 Å². The van der Waals surface area contributed by atoms with Gasteiger partial charge in [-0.1, -0.05) is 19.1 Å². The first-order chi connectivity index (χ1) is 8.41. The molecule has 5 nitrogen and oxygen atoms in total. The first-order valence-corrected chi connectivity index (χ1v) is 7.34. The predicted octanol–water partition coefficient (Wildman–Crippen LogP) is 2.33. The van der Waals surface area contributed by atoms with Crippen LogP contribution in [0.1, 0.15) is 33.1 Å². The van der Waals surface area contributed by atoms with Crippen LogP contribution < -0.4 is 5.32 Å². The maximum Gasteiger partial charge on any atom is 0.397 e. The Morgan fingerprint density at radius 1 is 1.28 bits per heavy atom. The average molecular weight is 279 g/mol. The second-order valence-electron chi connectivity index (χ2n) is 3.53. The fourth-order valence-electron chi connectivity index (χ4n) is 1.16. The van der Waals surface area contributed by atoms with Crippen LogP contribution in [0.15, 0.2) is 25.3 Å². The molecule has 0 aromatic rings. The summed E-state index contributed by atoms with van der Waals surface area (Å²) in [6.45, 7) is 12.1. The molecule has 0 aliphatic rings. The zero-order chi connectivity index (χ0) is 14.4. The lowest BCUT2D eigenvalue weighted by atomic mass is 10.1. The lowest BCUT2D eigenvalue weighted by molar-refractivity contribution is 0.283. The third kappa shape index (κ3) is 17.7. The van der Waals surface area contributed by atoms with E-state index in [9.17, 15) is 8.42 Å². The van der Waals surface area contributed by atoms with Crippen molar-refractivity contribution in [1.82, 2.24) is 5.32 Å². The van der Waals surface area contributed by atoms with Crippen molar-refractivity contribution in [3.05, 3.63) is 25.3 Å². The fraction of sp³-hybridized carbons (Fsp3) is 0.667. The molecule has 0 atom stereocenters. The monoisotopic (exact) mass is 279 g/mol. The molecule has 0 spiro atoms. The molecule has 2 N–H and O–H groups in total. The maximum atomic E-state index is 9.56. The molecule has 0 amide bonds. The van der Waals surface area contributed by atoms with Crippen LogP contribution >= 0.6 is 0 Å². The molecule has 0 radical (unpaired) electrons. The first-order valence-electron chi connectivity index (χ1n) is 5.98. The zero-order valence-corrected chi connectivity index (χ0v) is 12.1. The summed E-state index contributed by atoms with van der Waals surface area (Å²) in [5.74, 6) is 0. The molecule has 0 bridgehead atoms. The van der Waals surface area contributed by atoms with Crippen LogP contribution in [0.25, 0.3) is 0 Å². The van der Waals surface area contributed by atoms with Crippen molar-refractivity contribution in [3.63, 3.8) is 0 Å². The smallest absolute Gasteiger partial charge is 0.313 e. The van der Waals surface area contributed by atoms with Gasteiger partial charge in [0.05, 0.1) is 6.61 Å². The van der Waals surface area contributed by atoms with Gasteiger partial charge < -0.3 is 5.32 Å². The van der Waals surface area contributed by atoms with Gasteiger partial charge in [0.1, 0.15) is 0 Å². The van der Waals surface area contributed by atoms with Crippen molar-refractivity contribution < 1.29 is 17.2 Å². The Balaban J connectivity index is 0. The van der Waals surface area contributed by atoms with E-state index in [1.54, 1.807) is 0 Å². The summed E-state index contributed by atoms with van der Waals surface area (Å²) in [6, 6.07) is 0.546. The Labute approximate surface area is 111 Å². The first kappa shape index (κ1) is 19.6. The molecule has 0 rings (SSSR count). The largest absolute Gasteiger partial charge is 0.397 e. The quantitative estimate of drug-likeness (QED) is 0.500. The second-order valence-corrected chi connectivity index (χ2v) is 4.63. The van der Waals surface area contributed by atoms with Gasteiger partial charge in [0.15, 0.2) is 0 Å². The second kappa shape index (κ2) is 12.8. The molecular formula is C12H25NO4S. The van der Waals surface area contributed by atoms with E-state index in [-0.39, 0.29) is 6.61 Å². The van der Waals surface area contributed by atoms with E-state index in [1.807, 2.05) is 12.2 Å². The highest BCUT2D eigenvalue weighted by molar-refractivity contribution is 7.80. The van der Waals surface area contributed by atoms with Crippen LogP contribution in [-0.4, -0.2) is 32.2 Å². The molecule has 18 heavy (non-hydrogen) atoms. The Morgan fingerprint density at radius 2 is 1.78 bits per heavy atom. The highest BCUT2D eigenvalue weighted by Gasteiger charge is 2.01. The van der Waals surface area contributed by atoms with Crippen molar-refractivity contribution in [2.45, 2.75) is 39.2 Å². The van der Waals surface area contributed by atoms with E-state index >= 15 is 0 Å². The van der Waals surface area contributed by atoms with Crippen LogP contribution in [0.2, 0.25) is 0 Å². The predicted molar refractivity (Wildman–Crippen MR) is 74.9 cm³/mol. The highest BCUT2D eigenvalue weighted by atomic mass is 32.3. The molecule has 0 unspecified atom stereocenters. The van der Waals surface area contributed by atoms with Gasteiger partial charge in [-0.15, -0.1) is 13.2 Å². The summed E-state index contributed by atoms with van der Waals surface area (Å²) < 4.78 is 30.7. The van der Waals surface area contributed by atoms with Gasteiger partial charge in [-0.2, -0.15) is 8.42 Å². The van der Waals surface area contributed by atoms with Gasteiger partial charge in [0, 0.05) is 6.04 Å². The molecular weight excluding hydrogens is 254 g/mol. The Morgan fingerprint density at radius 3 is 2.00 bits per heavy atom. The van der Waals surface area contributed by atoms with Crippen LogP contribution in [0.5, 0.6) is 0 Å². The van der Waals surface area contributed by atoms with Crippen molar-refractivity contribution in [2.24, 2.45) is 0 Å². The third-order valence-corrected chi connectivity index (χ3v) is 2.39. The molecule has 0 aromatic carbocycles. The average Bonchev–Trinajstić information content (AvgIpc) is 2.26. The SMILES string of the molecule is C=CCC(CC=C)NCCC.CCOS(=O)(=O)O. The van der Waals surface area contributed by atoms with Gasteiger partial charge in [-0.3, -0.25) is 4.55 Å². The summed E-state index contributed by atoms with van der Waals surface area (Å²) in [7, 11) is -4.17. The number of rotatable bonds is 9. The van der Waals surface area contributed by atoms with E-state index in [2.05, 4.69) is 29.6 Å². The standard InChI is InChI=1S/C10H19N.C2H6O4S/c1-4-7-10(8-5-2)11-9-6-3;1-2-6-7(3,4)5/h4-5,10-11H,1-2,6-9H2,3H3;2H2,1H3,(H,3,4,5). The normalized spacial score (nSPS) is 10.7. The molecule has 0 aliphatic carbocycles. The Kier molecular flexibility index (Phi) is 13.9. The van der Waals surface area contributed by atoms with Crippen LogP contribution in [0.3, 0.4) is 0 Å². The summed E-state index contributed by atoms with van der Waals surface area (Å²) in [5, 5.41) is 3.43. The van der Waals surface area contributed by atoms with Crippen molar-refractivity contribution in [2.75, 3.05) is 13.2 Å². The number of hydrogen-bond donors (Lipinski definition) is 2. The van der Waals surface area contributed by atoms with Crippen LogP contribution in [-0.2, 0) is 14.6 Å². The molecule has 0 saturated carbocycles. The Hall–Kier alpha value is -0.690. The third-order valence-electron chi connectivity index (χ3n) is 1.85. The van der Waals surface area contributed by atoms with Crippen LogP contribution in [0.4, 0.5) is 0 Å². The van der Waals surface area contributed by atoms with Gasteiger partial charge in [-0.25, -0.2) is 4.18 Å². The highest BCUT2D eigenvalue weighted by Crippen LogP contribution is 1.99. The minimum atomic E-state index is -4.17. The van der Waals surface area contributed by atoms with Gasteiger partial charge in [0.2, 0.25) is 0 Å². The maximum absolute atomic E-state index is 9.56. The molecule has 108 valence electrons. The van der Waals surface area contributed by atoms with Gasteiger partial charge in [-0.05, 0) is 32.7 Å². The fourth-order valence-corrected chi connectivity index (χ4v) is 1.46. The van der Waals surface area contributed by atoms with Crippen molar-refractivity contribution in [1.29, 1.82) is 0 Å². The molecule has 0 saturated heterocycles. The number of nitrogens with one attached hydrogen (secondary N) is 1. The molecule has 0 fully saturated rings. The minimum Gasteiger partial charge on any atom is -0.313 e. The summed E-state index contributed by atoms with van der Waals surface area (Å²) in [6.07, 6.45) is 7.16. The minimum absolute atomic E-state index is 0.0289. The van der Waals surface area contributed by atoms with Gasteiger partial charge in [0.25, 0.3) is 0 Å². The van der Waals surface area contributed by atoms with E-state index < -0.39 is 10.4 Å². The lowest BCUT2D eigenvalue weighted by Gasteiger charge is -2.13. The van der Waals surface area contributed by atoms with Gasteiger partial charge >= 0.3 is 10.4 Å². The Bertz CT molecular complexity index is 291. The van der Waals surface area contributed by atoms with E-state index in [0.29, 0.717) is 6.04 Å². The molecule has 6 heteroatoms.